The van der Waals surface area contributed by atoms with Gasteiger partial charge in [0.15, 0.2) is 0 Å². The third-order valence-corrected chi connectivity index (χ3v) is 2.03. The smallest absolute Gasteiger partial charge is 0.221 e. The molecule has 1 heterocycles. The molecule has 0 aromatic heterocycles. The quantitative estimate of drug-likeness (QED) is 0.625. The van der Waals surface area contributed by atoms with Gasteiger partial charge in [-0.15, -0.1) is 12.4 Å². The fourth-order valence-electron chi connectivity index (χ4n) is 1.40. The number of piperidine rings is 1. The Hall–Kier alpha value is -0.280. The van der Waals surface area contributed by atoms with E-state index in [1.807, 2.05) is 7.05 Å². The molecule has 11 heavy (non-hydrogen) atoms. The van der Waals surface area contributed by atoms with Crippen molar-refractivity contribution in [2.45, 2.75) is 12.8 Å². The maximum Gasteiger partial charge on any atom is 0.221 e. The molecule has 66 valence electrons. The van der Waals surface area contributed by atoms with Gasteiger partial charge in [0.05, 0.1) is 5.92 Å². The van der Waals surface area contributed by atoms with Crippen LogP contribution in [0.5, 0.6) is 0 Å². The number of amides is 1. The summed E-state index contributed by atoms with van der Waals surface area (Å²) >= 11 is 0. The van der Waals surface area contributed by atoms with E-state index in [-0.39, 0.29) is 24.2 Å². The molecule has 0 aliphatic carbocycles. The first-order chi connectivity index (χ1) is 4.70. The van der Waals surface area contributed by atoms with Crippen LogP contribution in [0.1, 0.15) is 12.8 Å². The predicted molar refractivity (Wildman–Crippen MR) is 46.7 cm³/mol. The van der Waals surface area contributed by atoms with Crippen LogP contribution in [0.3, 0.4) is 0 Å². The molecule has 1 aliphatic heterocycles. The average Bonchev–Trinajstić information content (AvgIpc) is 1.88. The fraction of sp³-hybridized carbons (Fsp3) is 0.857. The van der Waals surface area contributed by atoms with Crippen LogP contribution in [0.15, 0.2) is 0 Å². The average molecular weight is 179 g/mol. The minimum Gasteiger partial charge on any atom is -0.369 e. The van der Waals surface area contributed by atoms with Crippen molar-refractivity contribution in [2.24, 2.45) is 11.7 Å². The maximum absolute atomic E-state index is 10.7. The zero-order chi connectivity index (χ0) is 7.56. The van der Waals surface area contributed by atoms with Crippen molar-refractivity contribution >= 4 is 18.3 Å². The van der Waals surface area contributed by atoms with Gasteiger partial charge >= 0.3 is 0 Å². The predicted octanol–water partition coefficient (Wildman–Crippen LogP) is 0.235. The van der Waals surface area contributed by atoms with Crippen LogP contribution in [-0.4, -0.2) is 30.9 Å². The van der Waals surface area contributed by atoms with Crippen molar-refractivity contribution in [3.05, 3.63) is 0 Å². The molecule has 1 rings (SSSR count). The first-order valence-corrected chi connectivity index (χ1v) is 3.68. The normalized spacial score (nSPS) is 25.7. The number of carbonyl (C=O) groups is 1. The Morgan fingerprint density at radius 1 is 1.64 bits per heavy atom. The van der Waals surface area contributed by atoms with Gasteiger partial charge in [-0.1, -0.05) is 0 Å². The molecule has 1 unspecified atom stereocenters. The lowest BCUT2D eigenvalue weighted by atomic mass is 9.98. The first-order valence-electron chi connectivity index (χ1n) is 3.68. The van der Waals surface area contributed by atoms with Crippen LogP contribution in [0.2, 0.25) is 0 Å². The summed E-state index contributed by atoms with van der Waals surface area (Å²) in [4.78, 5) is 12.8. The molecule has 0 saturated carbocycles. The number of nitrogens with two attached hydrogens (primary N) is 1. The van der Waals surface area contributed by atoms with Crippen LogP contribution in [0.25, 0.3) is 0 Å². The number of hydrogen-bond donors (Lipinski definition) is 1. The van der Waals surface area contributed by atoms with E-state index >= 15 is 0 Å². The van der Waals surface area contributed by atoms with E-state index in [0.29, 0.717) is 0 Å². The number of rotatable bonds is 1. The number of likely N-dealkylation sites (tertiary alicyclic amines) is 1. The third-order valence-electron chi connectivity index (χ3n) is 2.03. The summed E-state index contributed by atoms with van der Waals surface area (Å²) in [6.45, 7) is 1.94. The lowest BCUT2D eigenvalue weighted by Gasteiger charge is -2.27. The van der Waals surface area contributed by atoms with Crippen LogP contribution in [0, 0.1) is 5.92 Å². The van der Waals surface area contributed by atoms with Crippen molar-refractivity contribution in [3.8, 4) is 0 Å². The summed E-state index contributed by atoms with van der Waals surface area (Å²) < 4.78 is 0. The Bertz CT molecular complexity index is 140. The molecule has 0 aromatic carbocycles. The molecule has 1 atom stereocenters. The zero-order valence-electron chi connectivity index (χ0n) is 6.75. The van der Waals surface area contributed by atoms with E-state index in [4.69, 9.17) is 5.73 Å². The molecule has 1 amide bonds. The molecule has 1 fully saturated rings. The number of nitrogens with zero attached hydrogens (tertiary/aromatic N) is 1. The van der Waals surface area contributed by atoms with Crippen LogP contribution < -0.4 is 5.73 Å². The standard InChI is InChI=1S/C7H14N2O.ClH/c1-9-4-2-3-6(5-9)7(8)10;/h6H,2-5H2,1H3,(H2,8,10);1H. The van der Waals surface area contributed by atoms with Crippen molar-refractivity contribution in [1.29, 1.82) is 0 Å². The van der Waals surface area contributed by atoms with Gasteiger partial charge in [-0.3, -0.25) is 4.79 Å². The van der Waals surface area contributed by atoms with Crippen molar-refractivity contribution in [2.75, 3.05) is 20.1 Å². The van der Waals surface area contributed by atoms with Crippen molar-refractivity contribution < 1.29 is 4.79 Å². The van der Waals surface area contributed by atoms with Crippen molar-refractivity contribution in [1.82, 2.24) is 4.90 Å². The molecule has 4 heteroatoms. The molecular formula is C7H15ClN2O. The maximum atomic E-state index is 10.7. The van der Waals surface area contributed by atoms with E-state index in [1.165, 1.54) is 0 Å². The summed E-state index contributed by atoms with van der Waals surface area (Å²) in [6, 6.07) is 0. The van der Waals surface area contributed by atoms with E-state index in [1.54, 1.807) is 0 Å². The van der Waals surface area contributed by atoms with Gasteiger partial charge in [0.1, 0.15) is 0 Å². The van der Waals surface area contributed by atoms with Gasteiger partial charge in [0.2, 0.25) is 5.91 Å². The Labute approximate surface area is 73.3 Å². The Balaban J connectivity index is 0.000001000. The summed E-state index contributed by atoms with van der Waals surface area (Å²) in [7, 11) is 2.02. The summed E-state index contributed by atoms with van der Waals surface area (Å²) in [6.07, 6.45) is 2.07. The molecule has 3 nitrogen and oxygen atoms in total. The molecule has 0 radical (unpaired) electrons. The molecule has 0 aromatic rings. The minimum atomic E-state index is -0.147. The number of halogens is 1. The highest BCUT2D eigenvalue weighted by molar-refractivity contribution is 5.85. The third kappa shape index (κ3) is 3.08. The van der Waals surface area contributed by atoms with Crippen molar-refractivity contribution in [3.63, 3.8) is 0 Å². The second-order valence-corrected chi connectivity index (χ2v) is 3.00. The highest BCUT2D eigenvalue weighted by Crippen LogP contribution is 2.13. The SMILES string of the molecule is CN1CCCC(C(N)=O)C1.Cl. The van der Waals surface area contributed by atoms with Crippen LogP contribution >= 0.6 is 12.4 Å². The highest BCUT2D eigenvalue weighted by Gasteiger charge is 2.20. The Morgan fingerprint density at radius 2 is 2.27 bits per heavy atom. The lowest BCUT2D eigenvalue weighted by molar-refractivity contribution is -0.123. The molecule has 1 saturated heterocycles. The van der Waals surface area contributed by atoms with E-state index in [2.05, 4.69) is 4.90 Å². The second-order valence-electron chi connectivity index (χ2n) is 3.00. The fourth-order valence-corrected chi connectivity index (χ4v) is 1.40. The molecule has 0 bridgehead atoms. The Morgan fingerprint density at radius 3 is 2.64 bits per heavy atom. The van der Waals surface area contributed by atoms with Crippen LogP contribution in [-0.2, 0) is 4.79 Å². The highest BCUT2D eigenvalue weighted by atomic mass is 35.5. The number of carbonyl (C=O) groups excluding carboxylic acids is 1. The van der Waals surface area contributed by atoms with Crippen LogP contribution in [0.4, 0.5) is 0 Å². The van der Waals surface area contributed by atoms with Gasteiger partial charge in [-0.25, -0.2) is 0 Å². The second kappa shape index (κ2) is 4.57. The molecule has 0 spiro atoms. The topological polar surface area (TPSA) is 46.3 Å². The van der Waals surface area contributed by atoms with Gasteiger partial charge in [-0.05, 0) is 26.4 Å². The number of hydrogen-bond acceptors (Lipinski definition) is 2. The van der Waals surface area contributed by atoms with Gasteiger partial charge < -0.3 is 10.6 Å². The van der Waals surface area contributed by atoms with Gasteiger partial charge in [0, 0.05) is 6.54 Å². The van der Waals surface area contributed by atoms with Gasteiger partial charge in [-0.2, -0.15) is 0 Å². The Kier molecular flexibility index (Phi) is 4.45. The summed E-state index contributed by atoms with van der Waals surface area (Å²) in [5.74, 6) is -0.0506. The molecule has 1 aliphatic rings. The zero-order valence-corrected chi connectivity index (χ0v) is 7.56. The lowest BCUT2D eigenvalue weighted by Crippen LogP contribution is -2.38. The minimum absolute atomic E-state index is 0. The van der Waals surface area contributed by atoms with Gasteiger partial charge in [0.25, 0.3) is 0 Å². The van der Waals surface area contributed by atoms with E-state index in [9.17, 15) is 4.79 Å². The van der Waals surface area contributed by atoms with E-state index in [0.717, 1.165) is 25.9 Å². The molecule has 2 N–H and O–H groups in total. The molecular weight excluding hydrogens is 164 g/mol. The summed E-state index contributed by atoms with van der Waals surface area (Å²) in [5, 5.41) is 0. The monoisotopic (exact) mass is 178 g/mol. The first kappa shape index (κ1) is 10.7. The number of primary amides is 1. The largest absolute Gasteiger partial charge is 0.369 e. The van der Waals surface area contributed by atoms with E-state index < -0.39 is 0 Å². The summed E-state index contributed by atoms with van der Waals surface area (Å²) in [5.41, 5.74) is 5.16.